The fourth-order valence-electron chi connectivity index (χ4n) is 2.47. The van der Waals surface area contributed by atoms with Crippen LogP contribution in [0.5, 0.6) is 5.75 Å². The predicted molar refractivity (Wildman–Crippen MR) is 107 cm³/mol. The lowest BCUT2D eigenvalue weighted by molar-refractivity contribution is -0.122. The third-order valence-electron chi connectivity index (χ3n) is 4.03. The van der Waals surface area contributed by atoms with Crippen molar-refractivity contribution < 1.29 is 9.53 Å². The van der Waals surface area contributed by atoms with Crippen molar-refractivity contribution in [1.29, 1.82) is 0 Å². The van der Waals surface area contributed by atoms with Crippen LogP contribution >= 0.6 is 11.3 Å². The Morgan fingerprint density at radius 2 is 1.73 bits per heavy atom. The molecule has 0 aliphatic carbocycles. The third-order valence-corrected chi connectivity index (χ3v) is 4.79. The highest BCUT2D eigenvalue weighted by Crippen LogP contribution is 2.25. The van der Waals surface area contributed by atoms with Gasteiger partial charge in [-0.05, 0) is 30.5 Å². The van der Waals surface area contributed by atoms with Crippen molar-refractivity contribution in [3.05, 3.63) is 65.5 Å². The Bertz CT molecular complexity index is 857. The van der Waals surface area contributed by atoms with E-state index in [0.717, 1.165) is 11.3 Å². The first-order valence-corrected chi connectivity index (χ1v) is 9.49. The molecule has 1 unspecified atom stereocenters. The number of aromatic nitrogens is 1. The molecule has 1 amide bonds. The number of hydrogen-bond donors (Lipinski definition) is 1. The number of rotatable bonds is 6. The van der Waals surface area contributed by atoms with Crippen LogP contribution in [0.25, 0.3) is 11.3 Å². The molecule has 0 aliphatic rings. The first-order valence-electron chi connectivity index (χ1n) is 8.61. The summed E-state index contributed by atoms with van der Waals surface area (Å²) in [7, 11) is 0. The Kier molecular flexibility index (Phi) is 5.68. The van der Waals surface area contributed by atoms with Crippen LogP contribution in [0.2, 0.25) is 0 Å². The zero-order valence-corrected chi connectivity index (χ0v) is 15.9. The SMILES string of the molecule is CC(Oc1ccc(C(C)C)cc1)C(=O)Nc1nc(-c2ccccc2)cs1. The minimum Gasteiger partial charge on any atom is -0.481 e. The fraction of sp³-hybridized carbons (Fsp3) is 0.238. The van der Waals surface area contributed by atoms with Gasteiger partial charge in [-0.15, -0.1) is 11.3 Å². The van der Waals surface area contributed by atoms with Gasteiger partial charge in [-0.25, -0.2) is 4.98 Å². The molecular formula is C21H22N2O2S. The molecule has 0 saturated carbocycles. The van der Waals surface area contributed by atoms with E-state index in [1.54, 1.807) is 6.92 Å². The minimum atomic E-state index is -0.607. The maximum atomic E-state index is 12.4. The van der Waals surface area contributed by atoms with Crippen LogP contribution in [0.4, 0.5) is 5.13 Å². The number of carbonyl (C=O) groups excluding carboxylic acids is 1. The average molecular weight is 366 g/mol. The molecule has 3 rings (SSSR count). The summed E-state index contributed by atoms with van der Waals surface area (Å²) < 4.78 is 5.74. The molecule has 5 heteroatoms. The van der Waals surface area contributed by atoms with Crippen LogP contribution in [0.3, 0.4) is 0 Å². The molecule has 1 atom stereocenters. The van der Waals surface area contributed by atoms with Gasteiger partial charge in [-0.2, -0.15) is 0 Å². The van der Waals surface area contributed by atoms with Crippen molar-refractivity contribution in [3.63, 3.8) is 0 Å². The summed E-state index contributed by atoms with van der Waals surface area (Å²) in [5.74, 6) is 0.932. The number of carbonyl (C=O) groups is 1. The normalized spacial score (nSPS) is 12.0. The molecular weight excluding hydrogens is 344 g/mol. The molecule has 1 aromatic heterocycles. The lowest BCUT2D eigenvalue weighted by Crippen LogP contribution is -2.30. The number of benzene rings is 2. The van der Waals surface area contributed by atoms with E-state index in [-0.39, 0.29) is 5.91 Å². The van der Waals surface area contributed by atoms with Gasteiger partial charge in [0.05, 0.1) is 5.69 Å². The number of hydrogen-bond acceptors (Lipinski definition) is 4. The van der Waals surface area contributed by atoms with Gasteiger partial charge < -0.3 is 4.74 Å². The molecule has 0 fully saturated rings. The molecule has 0 radical (unpaired) electrons. The lowest BCUT2D eigenvalue weighted by Gasteiger charge is -2.14. The highest BCUT2D eigenvalue weighted by atomic mass is 32.1. The van der Waals surface area contributed by atoms with Crippen molar-refractivity contribution >= 4 is 22.4 Å². The van der Waals surface area contributed by atoms with Gasteiger partial charge in [-0.3, -0.25) is 10.1 Å². The van der Waals surface area contributed by atoms with Gasteiger partial charge in [0.1, 0.15) is 5.75 Å². The van der Waals surface area contributed by atoms with Crippen molar-refractivity contribution in [2.24, 2.45) is 0 Å². The second-order valence-electron chi connectivity index (χ2n) is 6.38. The zero-order valence-electron chi connectivity index (χ0n) is 15.1. The van der Waals surface area contributed by atoms with E-state index in [1.165, 1.54) is 16.9 Å². The van der Waals surface area contributed by atoms with E-state index < -0.39 is 6.10 Å². The van der Waals surface area contributed by atoms with Gasteiger partial charge in [0.2, 0.25) is 0 Å². The second-order valence-corrected chi connectivity index (χ2v) is 7.24. The van der Waals surface area contributed by atoms with Crippen LogP contribution in [-0.4, -0.2) is 17.0 Å². The van der Waals surface area contributed by atoms with E-state index >= 15 is 0 Å². The molecule has 1 N–H and O–H groups in total. The molecule has 0 spiro atoms. The van der Waals surface area contributed by atoms with Crippen molar-refractivity contribution in [1.82, 2.24) is 4.98 Å². The molecule has 4 nitrogen and oxygen atoms in total. The van der Waals surface area contributed by atoms with E-state index in [0.29, 0.717) is 16.8 Å². The molecule has 0 saturated heterocycles. The summed E-state index contributed by atoms with van der Waals surface area (Å²) >= 11 is 1.40. The standard InChI is InChI=1S/C21H22N2O2S/c1-14(2)16-9-11-18(12-10-16)25-15(3)20(24)23-21-22-19(13-26-21)17-7-5-4-6-8-17/h4-15H,1-3H3,(H,22,23,24). The molecule has 0 aliphatic heterocycles. The van der Waals surface area contributed by atoms with Crippen molar-refractivity contribution in [2.45, 2.75) is 32.8 Å². The van der Waals surface area contributed by atoms with E-state index in [2.05, 4.69) is 24.1 Å². The first-order chi connectivity index (χ1) is 12.5. The summed E-state index contributed by atoms with van der Waals surface area (Å²) in [6.07, 6.45) is -0.607. The Balaban J connectivity index is 1.60. The maximum absolute atomic E-state index is 12.4. The van der Waals surface area contributed by atoms with Crippen molar-refractivity contribution in [2.75, 3.05) is 5.32 Å². The number of nitrogens with zero attached hydrogens (tertiary/aromatic N) is 1. The van der Waals surface area contributed by atoms with Crippen molar-refractivity contribution in [3.8, 4) is 17.0 Å². The Morgan fingerprint density at radius 3 is 2.38 bits per heavy atom. The quantitative estimate of drug-likeness (QED) is 0.641. The lowest BCUT2D eigenvalue weighted by atomic mass is 10.0. The highest BCUT2D eigenvalue weighted by Gasteiger charge is 2.17. The maximum Gasteiger partial charge on any atom is 0.266 e. The largest absolute Gasteiger partial charge is 0.481 e. The van der Waals surface area contributed by atoms with Crippen LogP contribution < -0.4 is 10.1 Å². The predicted octanol–water partition coefficient (Wildman–Crippen LogP) is 5.34. The molecule has 26 heavy (non-hydrogen) atoms. The Hall–Kier alpha value is -2.66. The Labute approximate surface area is 157 Å². The van der Waals surface area contributed by atoms with Gasteiger partial charge in [-0.1, -0.05) is 56.3 Å². The van der Waals surface area contributed by atoms with E-state index in [1.807, 2.05) is 60.0 Å². The smallest absolute Gasteiger partial charge is 0.266 e. The van der Waals surface area contributed by atoms with Gasteiger partial charge in [0.15, 0.2) is 11.2 Å². The third kappa shape index (κ3) is 4.49. The summed E-state index contributed by atoms with van der Waals surface area (Å²) in [6.45, 7) is 6.02. The van der Waals surface area contributed by atoms with E-state index in [4.69, 9.17) is 4.74 Å². The number of amides is 1. The fourth-order valence-corrected chi connectivity index (χ4v) is 3.19. The van der Waals surface area contributed by atoms with E-state index in [9.17, 15) is 4.79 Å². The summed E-state index contributed by atoms with van der Waals surface area (Å²) in [5, 5.41) is 5.33. The molecule has 1 heterocycles. The van der Waals surface area contributed by atoms with Crippen LogP contribution in [0.1, 0.15) is 32.3 Å². The topological polar surface area (TPSA) is 51.2 Å². The summed E-state index contributed by atoms with van der Waals surface area (Å²) in [6, 6.07) is 17.7. The molecule has 0 bridgehead atoms. The van der Waals surface area contributed by atoms with Gasteiger partial charge in [0.25, 0.3) is 5.91 Å². The average Bonchev–Trinajstić information content (AvgIpc) is 3.11. The minimum absolute atomic E-state index is 0.216. The first kappa shape index (κ1) is 18.1. The highest BCUT2D eigenvalue weighted by molar-refractivity contribution is 7.14. The van der Waals surface area contributed by atoms with Crippen LogP contribution in [0.15, 0.2) is 60.0 Å². The Morgan fingerprint density at radius 1 is 1.04 bits per heavy atom. The number of ether oxygens (including phenoxy) is 1. The zero-order chi connectivity index (χ0) is 18.5. The summed E-state index contributed by atoms with van der Waals surface area (Å²) in [4.78, 5) is 16.8. The second kappa shape index (κ2) is 8.15. The van der Waals surface area contributed by atoms with Gasteiger partial charge in [0, 0.05) is 10.9 Å². The van der Waals surface area contributed by atoms with Crippen LogP contribution in [-0.2, 0) is 4.79 Å². The molecule has 3 aromatic rings. The molecule has 134 valence electrons. The number of thiazole rings is 1. The number of nitrogens with one attached hydrogen (secondary N) is 1. The molecule has 2 aromatic carbocycles. The van der Waals surface area contributed by atoms with Gasteiger partial charge >= 0.3 is 0 Å². The summed E-state index contributed by atoms with van der Waals surface area (Å²) in [5.41, 5.74) is 3.12. The van der Waals surface area contributed by atoms with Crippen LogP contribution in [0, 0.1) is 0 Å². The number of anilines is 1. The monoisotopic (exact) mass is 366 g/mol.